The minimum atomic E-state index is -0.457. The normalized spacial score (nSPS) is 11.9. The van der Waals surface area contributed by atoms with E-state index in [4.69, 9.17) is 17.3 Å². The van der Waals surface area contributed by atoms with Crippen LogP contribution in [0.3, 0.4) is 0 Å². The first kappa shape index (κ1) is 11.9. The number of rotatable bonds is 3. The van der Waals surface area contributed by atoms with E-state index in [0.29, 0.717) is 6.42 Å². The molecule has 0 unspecified atom stereocenters. The zero-order chi connectivity index (χ0) is 6.57. The van der Waals surface area contributed by atoms with Gasteiger partial charge in [-0.15, -0.1) is 12.4 Å². The molecule has 0 aliphatic heterocycles. The van der Waals surface area contributed by atoms with E-state index < -0.39 is 11.3 Å². The number of hydrogen-bond acceptors (Lipinski definition) is 2. The predicted octanol–water partition coefficient (Wildman–Crippen LogP) is 1.30. The summed E-state index contributed by atoms with van der Waals surface area (Å²) in [4.78, 5) is 10.2. The van der Waals surface area contributed by atoms with Gasteiger partial charge in [-0.1, -0.05) is 13.3 Å². The first-order valence-corrected chi connectivity index (χ1v) is 3.01. The van der Waals surface area contributed by atoms with Gasteiger partial charge in [0.25, 0.3) is 0 Å². The van der Waals surface area contributed by atoms with Crippen LogP contribution in [0.5, 0.6) is 0 Å². The molecule has 0 bridgehead atoms. The van der Waals surface area contributed by atoms with Crippen LogP contribution < -0.4 is 5.73 Å². The summed E-state index contributed by atoms with van der Waals surface area (Å²) in [5.74, 6) is 0. The van der Waals surface area contributed by atoms with Crippen LogP contribution in [-0.2, 0) is 4.79 Å². The fourth-order valence-electron chi connectivity index (χ4n) is 0.424. The van der Waals surface area contributed by atoms with Crippen molar-refractivity contribution in [3.05, 3.63) is 0 Å². The van der Waals surface area contributed by atoms with Gasteiger partial charge >= 0.3 is 0 Å². The molecule has 0 rings (SSSR count). The monoisotopic (exact) mass is 171 g/mol. The number of nitrogens with two attached hydrogens (primary N) is 1. The Kier molecular flexibility index (Phi) is 8.40. The Labute approximate surface area is 66.2 Å². The van der Waals surface area contributed by atoms with Crippen molar-refractivity contribution in [3.8, 4) is 0 Å². The minimum absolute atomic E-state index is 0. The van der Waals surface area contributed by atoms with Gasteiger partial charge in [-0.2, -0.15) is 0 Å². The topological polar surface area (TPSA) is 43.1 Å². The molecule has 0 aromatic carbocycles. The van der Waals surface area contributed by atoms with Gasteiger partial charge in [-0.05, 0) is 18.0 Å². The minimum Gasteiger partial charge on any atom is -0.320 e. The highest BCUT2D eigenvalue weighted by molar-refractivity contribution is 6.64. The smallest absolute Gasteiger partial charge is 0.238 e. The van der Waals surface area contributed by atoms with Gasteiger partial charge in [0.05, 0.1) is 6.04 Å². The quantitative estimate of drug-likeness (QED) is 0.652. The summed E-state index contributed by atoms with van der Waals surface area (Å²) in [5, 5.41) is -0.438. The summed E-state index contributed by atoms with van der Waals surface area (Å²) in [6, 6.07) is -0.457. The third kappa shape index (κ3) is 6.09. The largest absolute Gasteiger partial charge is 0.320 e. The lowest BCUT2D eigenvalue weighted by molar-refractivity contribution is -0.112. The summed E-state index contributed by atoms with van der Waals surface area (Å²) in [6.45, 7) is 1.96. The van der Waals surface area contributed by atoms with Crippen molar-refractivity contribution in [2.45, 2.75) is 25.8 Å². The second-order valence-corrected chi connectivity index (χ2v) is 2.07. The molecule has 0 radical (unpaired) electrons. The Balaban J connectivity index is 0. The number of halogens is 2. The standard InChI is InChI=1S/C5H10ClNO.ClH/c1-2-3-4(7)5(6)8;/h4H,2-3,7H2,1H3;1H/t4-;/m0./s1. The Morgan fingerprint density at radius 3 is 2.33 bits per heavy atom. The molecule has 0 amide bonds. The van der Waals surface area contributed by atoms with E-state index in [0.717, 1.165) is 6.42 Å². The van der Waals surface area contributed by atoms with Crippen LogP contribution in [0.4, 0.5) is 0 Å². The van der Waals surface area contributed by atoms with E-state index in [1.807, 2.05) is 6.92 Å². The molecule has 0 aliphatic rings. The molecule has 0 saturated carbocycles. The highest BCUT2D eigenvalue weighted by Gasteiger charge is 2.06. The molecular weight excluding hydrogens is 161 g/mol. The Hall–Kier alpha value is 0.210. The average Bonchev–Trinajstić information content (AvgIpc) is 1.67. The summed E-state index contributed by atoms with van der Waals surface area (Å²) >= 11 is 5.04. The second kappa shape index (κ2) is 6.33. The lowest BCUT2D eigenvalue weighted by Crippen LogP contribution is -2.25. The van der Waals surface area contributed by atoms with Gasteiger partial charge < -0.3 is 5.73 Å². The van der Waals surface area contributed by atoms with Crippen molar-refractivity contribution in [2.75, 3.05) is 0 Å². The van der Waals surface area contributed by atoms with Crippen molar-refractivity contribution in [2.24, 2.45) is 5.73 Å². The van der Waals surface area contributed by atoms with Gasteiger partial charge in [0.15, 0.2) is 0 Å². The van der Waals surface area contributed by atoms with Gasteiger partial charge in [0, 0.05) is 0 Å². The lowest BCUT2D eigenvalue weighted by Gasteiger charge is -2.00. The Morgan fingerprint density at radius 2 is 2.22 bits per heavy atom. The zero-order valence-electron chi connectivity index (χ0n) is 5.26. The van der Waals surface area contributed by atoms with E-state index in [9.17, 15) is 4.79 Å². The van der Waals surface area contributed by atoms with E-state index in [1.165, 1.54) is 0 Å². The van der Waals surface area contributed by atoms with Gasteiger partial charge in [0.1, 0.15) is 0 Å². The summed E-state index contributed by atoms with van der Waals surface area (Å²) in [6.07, 6.45) is 1.59. The molecule has 4 heteroatoms. The number of carbonyl (C=O) groups excluding carboxylic acids is 1. The third-order valence-corrected chi connectivity index (χ3v) is 1.17. The van der Waals surface area contributed by atoms with E-state index in [1.54, 1.807) is 0 Å². The van der Waals surface area contributed by atoms with Crippen LogP contribution in [0.1, 0.15) is 19.8 Å². The van der Waals surface area contributed by atoms with Gasteiger partial charge in [0.2, 0.25) is 5.24 Å². The SMILES string of the molecule is CCC[C@H](N)C(=O)Cl.Cl. The second-order valence-electron chi connectivity index (χ2n) is 1.70. The molecule has 0 aromatic heterocycles. The maximum Gasteiger partial charge on any atom is 0.238 e. The summed E-state index contributed by atoms with van der Waals surface area (Å²) in [5.41, 5.74) is 5.25. The molecule has 0 heterocycles. The van der Waals surface area contributed by atoms with E-state index in [-0.39, 0.29) is 12.4 Å². The van der Waals surface area contributed by atoms with Crippen LogP contribution in [0, 0.1) is 0 Å². The van der Waals surface area contributed by atoms with Crippen LogP contribution in [0.25, 0.3) is 0 Å². The fourth-order valence-corrected chi connectivity index (χ4v) is 0.534. The molecule has 9 heavy (non-hydrogen) atoms. The highest BCUT2D eigenvalue weighted by Crippen LogP contribution is 1.96. The van der Waals surface area contributed by atoms with Crippen molar-refractivity contribution >= 4 is 29.3 Å². The Morgan fingerprint density at radius 1 is 1.78 bits per heavy atom. The molecule has 2 nitrogen and oxygen atoms in total. The predicted molar refractivity (Wildman–Crippen MR) is 41.0 cm³/mol. The van der Waals surface area contributed by atoms with Crippen LogP contribution in [0.2, 0.25) is 0 Å². The van der Waals surface area contributed by atoms with Crippen LogP contribution >= 0.6 is 24.0 Å². The first-order valence-electron chi connectivity index (χ1n) is 2.63. The van der Waals surface area contributed by atoms with E-state index in [2.05, 4.69) is 0 Å². The Bertz CT molecular complexity index is 87.0. The first-order chi connectivity index (χ1) is 3.68. The number of hydrogen-bond donors (Lipinski definition) is 1. The number of carbonyl (C=O) groups is 1. The van der Waals surface area contributed by atoms with Crippen LogP contribution in [0.15, 0.2) is 0 Å². The third-order valence-electron chi connectivity index (χ3n) is 0.891. The lowest BCUT2D eigenvalue weighted by atomic mass is 10.2. The van der Waals surface area contributed by atoms with Crippen molar-refractivity contribution in [3.63, 3.8) is 0 Å². The van der Waals surface area contributed by atoms with Gasteiger partial charge in [-0.3, -0.25) is 4.79 Å². The van der Waals surface area contributed by atoms with Crippen molar-refractivity contribution in [1.82, 2.24) is 0 Å². The molecule has 1 atom stereocenters. The molecule has 56 valence electrons. The molecule has 0 saturated heterocycles. The van der Waals surface area contributed by atoms with Crippen molar-refractivity contribution in [1.29, 1.82) is 0 Å². The highest BCUT2D eigenvalue weighted by atomic mass is 35.5. The average molecular weight is 172 g/mol. The fraction of sp³-hybridized carbons (Fsp3) is 0.800. The zero-order valence-corrected chi connectivity index (χ0v) is 6.84. The molecule has 0 aliphatic carbocycles. The molecule has 0 aromatic rings. The van der Waals surface area contributed by atoms with E-state index >= 15 is 0 Å². The molecule has 2 N–H and O–H groups in total. The maximum atomic E-state index is 10.2. The van der Waals surface area contributed by atoms with Crippen LogP contribution in [-0.4, -0.2) is 11.3 Å². The maximum absolute atomic E-state index is 10.2. The molecular formula is C5H11Cl2NO. The molecule has 0 fully saturated rings. The summed E-state index contributed by atoms with van der Waals surface area (Å²) in [7, 11) is 0. The molecule has 0 spiro atoms. The summed E-state index contributed by atoms with van der Waals surface area (Å²) < 4.78 is 0. The van der Waals surface area contributed by atoms with Gasteiger partial charge in [-0.25, -0.2) is 0 Å². The van der Waals surface area contributed by atoms with Crippen molar-refractivity contribution < 1.29 is 4.79 Å².